The number of hydrogen-bond donors (Lipinski definition) is 12. The number of phenolic OH excluding ortho intramolecular Hbond substituents is 8. The molecule has 12 N–H and O–H groups in total. The normalized spacial score (nSPS) is 24.6. The number of hydrogen-bond acceptors (Lipinski definition) is 12. The zero-order valence-electron chi connectivity index (χ0n) is 20.2. The predicted molar refractivity (Wildman–Crippen MR) is 132 cm³/mol. The Morgan fingerprint density at radius 3 is 1.77 bits per heavy atom. The highest BCUT2D eigenvalue weighted by Gasteiger charge is 2.67. The molecule has 6 rings (SSSR count). The maximum Gasteiger partial charge on any atom is 0.204 e. The topological polar surface area (TPSA) is 243 Å². The van der Waals surface area contributed by atoms with E-state index in [0.717, 1.165) is 6.92 Å². The Labute approximate surface area is 218 Å². The van der Waals surface area contributed by atoms with Crippen molar-refractivity contribution in [3.63, 3.8) is 0 Å². The van der Waals surface area contributed by atoms with Crippen molar-refractivity contribution in [2.45, 2.75) is 30.8 Å². The van der Waals surface area contributed by atoms with Gasteiger partial charge in [-0.3, -0.25) is 0 Å². The first-order valence-corrected chi connectivity index (χ1v) is 11.5. The van der Waals surface area contributed by atoms with Crippen LogP contribution in [0.1, 0.15) is 40.7 Å². The smallest absolute Gasteiger partial charge is 0.204 e. The predicted octanol–water partition coefficient (Wildman–Crippen LogP) is 2.96. The van der Waals surface area contributed by atoms with Crippen LogP contribution in [0.5, 0.6) is 46.0 Å². The third kappa shape index (κ3) is 2.30. The molecule has 0 amide bonds. The number of benzene rings is 3. The molecule has 0 bridgehead atoms. The monoisotopic (exact) mass is 538 g/mol. The van der Waals surface area contributed by atoms with Gasteiger partial charge in [0.15, 0.2) is 40.3 Å². The van der Waals surface area contributed by atoms with E-state index in [9.17, 15) is 61.3 Å². The molecule has 0 aliphatic heterocycles. The summed E-state index contributed by atoms with van der Waals surface area (Å²) in [6.07, 6.45) is 0. The van der Waals surface area contributed by atoms with Crippen LogP contribution in [0.15, 0.2) is 41.0 Å². The van der Waals surface area contributed by atoms with Crippen LogP contribution >= 0.6 is 0 Å². The first-order chi connectivity index (χ1) is 18.1. The van der Waals surface area contributed by atoms with Crippen molar-refractivity contribution in [1.82, 2.24) is 0 Å². The van der Waals surface area contributed by atoms with Crippen molar-refractivity contribution in [2.75, 3.05) is 0 Å². The molecule has 12 heteroatoms. The van der Waals surface area contributed by atoms with Gasteiger partial charge in [0.1, 0.15) is 5.60 Å². The lowest BCUT2D eigenvalue weighted by molar-refractivity contribution is 0.0203. The van der Waals surface area contributed by atoms with E-state index in [-0.39, 0.29) is 16.7 Å². The molecule has 3 aromatic rings. The molecule has 0 saturated carbocycles. The highest BCUT2D eigenvalue weighted by atomic mass is 16.4. The van der Waals surface area contributed by atoms with E-state index in [0.29, 0.717) is 5.56 Å². The summed E-state index contributed by atoms with van der Waals surface area (Å²) in [7, 11) is 0. The summed E-state index contributed by atoms with van der Waals surface area (Å²) in [6, 6.07) is 4.53. The Morgan fingerprint density at radius 2 is 1.15 bits per heavy atom. The minimum absolute atomic E-state index is 0.0446. The summed E-state index contributed by atoms with van der Waals surface area (Å²) in [5, 5.41) is 131. The summed E-state index contributed by atoms with van der Waals surface area (Å²) in [5.41, 5.74) is -6.47. The van der Waals surface area contributed by atoms with E-state index >= 15 is 0 Å². The molecule has 3 aliphatic carbocycles. The van der Waals surface area contributed by atoms with Gasteiger partial charge in [-0.2, -0.15) is 0 Å². The highest BCUT2D eigenvalue weighted by Crippen LogP contribution is 2.76. The minimum atomic E-state index is -2.54. The third-order valence-corrected chi connectivity index (χ3v) is 8.23. The summed E-state index contributed by atoms with van der Waals surface area (Å²) >= 11 is 0. The lowest BCUT2D eigenvalue weighted by Crippen LogP contribution is -2.42. The van der Waals surface area contributed by atoms with Gasteiger partial charge in [0.2, 0.25) is 23.0 Å². The Bertz CT molecular complexity index is 1760. The van der Waals surface area contributed by atoms with Gasteiger partial charge in [-0.15, -0.1) is 0 Å². The molecule has 3 unspecified atom stereocenters. The van der Waals surface area contributed by atoms with Gasteiger partial charge >= 0.3 is 0 Å². The fourth-order valence-electron chi connectivity index (χ4n) is 6.66. The molecule has 202 valence electrons. The summed E-state index contributed by atoms with van der Waals surface area (Å²) in [6.45, 7) is 2.60. The van der Waals surface area contributed by atoms with Gasteiger partial charge in [-0.05, 0) is 30.5 Å². The van der Waals surface area contributed by atoms with Crippen LogP contribution in [-0.2, 0) is 5.41 Å². The standard InChI is InChI=1S/C27H22O12/c1-6-4-3-5-7-8(6)9-12(17(30)22(35)20(33)15(9)28)27(7)13-10(16(29)21(34)23(36)18(13)31)11-14(27)19(32)24(37)25(38)26(11,2)39/h3-5,11,28-39H,1-2H3. The summed E-state index contributed by atoms with van der Waals surface area (Å²) in [5.74, 6) is -14.0. The number of aromatic hydroxyl groups is 8. The van der Waals surface area contributed by atoms with Crippen LogP contribution in [0.2, 0.25) is 0 Å². The van der Waals surface area contributed by atoms with Gasteiger partial charge in [0, 0.05) is 27.8 Å². The molecule has 3 aromatic carbocycles. The zero-order valence-corrected chi connectivity index (χ0v) is 20.2. The molecule has 1 spiro atoms. The largest absolute Gasteiger partial charge is 0.506 e. The maximum atomic E-state index is 11.5. The van der Waals surface area contributed by atoms with Crippen molar-refractivity contribution in [3.05, 3.63) is 68.9 Å². The quantitative estimate of drug-likeness (QED) is 0.146. The Morgan fingerprint density at radius 1 is 0.615 bits per heavy atom. The third-order valence-electron chi connectivity index (χ3n) is 8.23. The van der Waals surface area contributed by atoms with Crippen molar-refractivity contribution in [3.8, 4) is 57.1 Å². The van der Waals surface area contributed by atoms with Crippen LogP contribution in [0.3, 0.4) is 0 Å². The lowest BCUT2D eigenvalue weighted by Gasteiger charge is -2.39. The molecule has 0 fully saturated rings. The second-order valence-corrected chi connectivity index (χ2v) is 10.1. The molecule has 3 aliphatic rings. The summed E-state index contributed by atoms with van der Waals surface area (Å²) in [4.78, 5) is 0. The average Bonchev–Trinajstić information content (AvgIpc) is 3.39. The van der Waals surface area contributed by atoms with E-state index in [4.69, 9.17) is 0 Å². The number of phenols is 8. The Hall–Kier alpha value is -5.10. The first kappa shape index (κ1) is 24.2. The van der Waals surface area contributed by atoms with E-state index in [1.54, 1.807) is 13.0 Å². The maximum absolute atomic E-state index is 11.5. The van der Waals surface area contributed by atoms with Crippen LogP contribution in [0.25, 0.3) is 11.1 Å². The Balaban J connectivity index is 2.01. The van der Waals surface area contributed by atoms with Crippen molar-refractivity contribution in [1.29, 1.82) is 0 Å². The second-order valence-electron chi connectivity index (χ2n) is 10.1. The highest BCUT2D eigenvalue weighted by molar-refractivity contribution is 5.99. The number of aliphatic hydroxyl groups is 4. The number of fused-ring (bicyclic) bond motifs is 10. The lowest BCUT2D eigenvalue weighted by atomic mass is 9.65. The van der Waals surface area contributed by atoms with E-state index in [1.807, 2.05) is 0 Å². The van der Waals surface area contributed by atoms with E-state index < -0.39 is 102 Å². The van der Waals surface area contributed by atoms with Gasteiger partial charge in [-0.1, -0.05) is 18.2 Å². The second kappa shape index (κ2) is 6.85. The van der Waals surface area contributed by atoms with E-state index in [2.05, 4.69) is 0 Å². The van der Waals surface area contributed by atoms with Crippen molar-refractivity contribution in [2.24, 2.45) is 0 Å². The van der Waals surface area contributed by atoms with Gasteiger partial charge in [0.25, 0.3) is 0 Å². The molecule has 0 heterocycles. The van der Waals surface area contributed by atoms with Crippen LogP contribution in [0, 0.1) is 6.92 Å². The fourth-order valence-corrected chi connectivity index (χ4v) is 6.66. The fraction of sp³-hybridized carbons (Fsp3) is 0.185. The van der Waals surface area contributed by atoms with Crippen LogP contribution < -0.4 is 0 Å². The average molecular weight is 538 g/mol. The van der Waals surface area contributed by atoms with Gasteiger partial charge in [-0.25, -0.2) is 0 Å². The van der Waals surface area contributed by atoms with Gasteiger partial charge < -0.3 is 61.3 Å². The molecular formula is C27H22O12. The number of rotatable bonds is 0. The Kier molecular flexibility index (Phi) is 4.26. The first-order valence-electron chi connectivity index (χ1n) is 11.5. The molecule has 12 nitrogen and oxygen atoms in total. The number of aliphatic hydroxyl groups excluding tert-OH is 3. The molecule has 0 saturated heterocycles. The molecule has 0 radical (unpaired) electrons. The van der Waals surface area contributed by atoms with E-state index in [1.165, 1.54) is 12.1 Å². The molecular weight excluding hydrogens is 516 g/mol. The zero-order chi connectivity index (χ0) is 28.7. The minimum Gasteiger partial charge on any atom is -0.506 e. The molecule has 0 aromatic heterocycles. The number of aryl methyl sites for hydroxylation is 1. The van der Waals surface area contributed by atoms with Crippen molar-refractivity contribution >= 4 is 0 Å². The SMILES string of the molecule is Cc1cccc2c1-c1c(O)c(O)c(O)c(O)c1C21C2=C(O)C(O)=C(O)C(C)(O)C2c2c(O)c(O)c(O)c(O)c21. The molecule has 39 heavy (non-hydrogen) atoms. The van der Waals surface area contributed by atoms with Crippen LogP contribution in [-0.4, -0.2) is 66.9 Å². The van der Waals surface area contributed by atoms with Gasteiger partial charge in [0.05, 0.1) is 11.3 Å². The van der Waals surface area contributed by atoms with Crippen LogP contribution in [0.4, 0.5) is 0 Å². The molecule has 3 atom stereocenters. The summed E-state index contributed by atoms with van der Waals surface area (Å²) < 4.78 is 0. The van der Waals surface area contributed by atoms with Crippen molar-refractivity contribution < 1.29 is 61.3 Å².